The number of urea groups is 1. The summed E-state index contributed by atoms with van der Waals surface area (Å²) in [5.41, 5.74) is 6.98. The molecule has 1 aliphatic heterocycles. The van der Waals surface area contributed by atoms with E-state index in [1.54, 1.807) is 0 Å². The molecule has 1 heterocycles. The number of fused-ring (bicyclic) bond motifs is 1. The number of hydrogen-bond donors (Lipinski definition) is 3. The third-order valence-corrected chi connectivity index (χ3v) is 7.91. The summed E-state index contributed by atoms with van der Waals surface area (Å²) in [6.45, 7) is 13.3. The quantitative estimate of drug-likeness (QED) is 0.394. The molecule has 1 fully saturated rings. The average molecular weight is 509 g/mol. The van der Waals surface area contributed by atoms with Gasteiger partial charge in [-0.25, -0.2) is 4.79 Å². The van der Waals surface area contributed by atoms with E-state index in [0.717, 1.165) is 52.0 Å². The first-order chi connectivity index (χ1) is 17.5. The number of aliphatic hydroxyl groups is 2. The van der Waals surface area contributed by atoms with Gasteiger partial charge in [-0.15, -0.1) is 0 Å². The van der Waals surface area contributed by atoms with E-state index in [-0.39, 0.29) is 6.03 Å². The molecule has 1 atom stereocenters. The van der Waals surface area contributed by atoms with E-state index < -0.39 is 18.0 Å². The lowest BCUT2D eigenvalue weighted by atomic mass is 9.83. The smallest absolute Gasteiger partial charge is 0.321 e. The number of aliphatic hydroxyl groups excluding tert-OH is 1. The summed E-state index contributed by atoms with van der Waals surface area (Å²) < 4.78 is 6.25. The number of nitrogens with one attached hydrogen (secondary N) is 1. The molecule has 2 amide bonds. The highest BCUT2D eigenvalue weighted by atomic mass is 16.6. The van der Waals surface area contributed by atoms with Crippen molar-refractivity contribution in [2.45, 2.75) is 98.1 Å². The van der Waals surface area contributed by atoms with Gasteiger partial charge in [-0.05, 0) is 100 Å². The number of benzene rings is 2. The summed E-state index contributed by atoms with van der Waals surface area (Å²) in [7, 11) is 0. The maximum Gasteiger partial charge on any atom is 0.321 e. The standard InChI is InChI=1S/C31H44N2O4/c1-19-12-14-23(15-13-19)25-20(2)24-16-17-33(18-22-10-8-7-9-11-22)30(36)32-27(24)21(3)26(25)28(29(34)35)37-31(4,5)6/h12-15,22,28-29,34-35H,7-11,16-18H2,1-6H3,(H,32,36). The summed E-state index contributed by atoms with van der Waals surface area (Å²) in [6, 6.07) is 8.23. The highest BCUT2D eigenvalue weighted by Gasteiger charge is 2.35. The van der Waals surface area contributed by atoms with E-state index in [9.17, 15) is 15.0 Å². The fraction of sp³-hybridized carbons (Fsp3) is 0.581. The van der Waals surface area contributed by atoms with Crippen LogP contribution in [0.5, 0.6) is 0 Å². The van der Waals surface area contributed by atoms with E-state index >= 15 is 0 Å². The maximum atomic E-state index is 13.4. The van der Waals surface area contributed by atoms with Gasteiger partial charge in [-0.2, -0.15) is 0 Å². The predicted molar refractivity (Wildman–Crippen MR) is 149 cm³/mol. The van der Waals surface area contributed by atoms with Gasteiger partial charge in [0.05, 0.1) is 5.60 Å². The molecular weight excluding hydrogens is 464 g/mol. The Balaban J connectivity index is 1.83. The topological polar surface area (TPSA) is 82.0 Å². The van der Waals surface area contributed by atoms with Crippen LogP contribution in [0.15, 0.2) is 24.3 Å². The molecular formula is C31H44N2O4. The number of amides is 2. The molecule has 2 aromatic rings. The summed E-state index contributed by atoms with van der Waals surface area (Å²) in [6.07, 6.45) is 4.24. The van der Waals surface area contributed by atoms with Crippen molar-refractivity contribution >= 4 is 11.7 Å². The lowest BCUT2D eigenvalue weighted by Gasteiger charge is -2.33. The molecule has 0 radical (unpaired) electrons. The molecule has 6 nitrogen and oxygen atoms in total. The fourth-order valence-electron chi connectivity index (χ4n) is 6.06. The van der Waals surface area contributed by atoms with Gasteiger partial charge in [0, 0.05) is 18.8 Å². The van der Waals surface area contributed by atoms with Crippen LogP contribution in [0.4, 0.5) is 10.5 Å². The Kier molecular flexibility index (Phi) is 8.32. The minimum absolute atomic E-state index is 0.0707. The lowest BCUT2D eigenvalue weighted by Crippen LogP contribution is -2.38. The van der Waals surface area contributed by atoms with E-state index in [1.807, 2.05) is 32.6 Å². The molecule has 1 aliphatic carbocycles. The number of rotatable bonds is 6. The zero-order valence-electron chi connectivity index (χ0n) is 23.4. The van der Waals surface area contributed by atoms with Gasteiger partial charge in [0.15, 0.2) is 6.29 Å². The van der Waals surface area contributed by atoms with Gasteiger partial charge in [-0.1, -0.05) is 49.1 Å². The highest BCUT2D eigenvalue weighted by molar-refractivity contribution is 5.94. The van der Waals surface area contributed by atoms with Gasteiger partial charge < -0.3 is 25.2 Å². The summed E-state index contributed by atoms with van der Waals surface area (Å²) in [5, 5.41) is 24.3. The molecule has 0 spiro atoms. The molecule has 1 unspecified atom stereocenters. The number of carbonyl (C=O) groups is 1. The van der Waals surface area contributed by atoms with Gasteiger partial charge in [0.2, 0.25) is 0 Å². The first-order valence-corrected chi connectivity index (χ1v) is 13.8. The van der Waals surface area contributed by atoms with Crippen LogP contribution < -0.4 is 5.32 Å². The van der Waals surface area contributed by atoms with Crippen molar-refractivity contribution in [2.24, 2.45) is 5.92 Å². The van der Waals surface area contributed by atoms with Crippen molar-refractivity contribution in [1.29, 1.82) is 0 Å². The van der Waals surface area contributed by atoms with Crippen LogP contribution in [0.2, 0.25) is 0 Å². The zero-order valence-corrected chi connectivity index (χ0v) is 23.4. The molecule has 1 saturated carbocycles. The third-order valence-electron chi connectivity index (χ3n) is 7.91. The predicted octanol–water partition coefficient (Wildman–Crippen LogP) is 6.42. The zero-order chi connectivity index (χ0) is 26.9. The summed E-state index contributed by atoms with van der Waals surface area (Å²) >= 11 is 0. The number of anilines is 1. The highest BCUT2D eigenvalue weighted by Crippen LogP contribution is 2.44. The van der Waals surface area contributed by atoms with Crippen LogP contribution >= 0.6 is 0 Å². The Labute approximate surface area is 222 Å². The van der Waals surface area contributed by atoms with E-state index in [4.69, 9.17) is 4.74 Å². The van der Waals surface area contributed by atoms with Crippen molar-refractivity contribution in [1.82, 2.24) is 4.90 Å². The number of hydrogen-bond acceptors (Lipinski definition) is 4. The minimum Gasteiger partial charge on any atom is -0.366 e. The number of aryl methyl sites for hydroxylation is 1. The van der Waals surface area contributed by atoms with E-state index in [0.29, 0.717) is 18.0 Å². The lowest BCUT2D eigenvalue weighted by molar-refractivity contribution is -0.185. The van der Waals surface area contributed by atoms with Gasteiger partial charge in [0.1, 0.15) is 6.10 Å². The molecule has 2 aliphatic rings. The molecule has 2 aromatic carbocycles. The Morgan fingerprint density at radius 2 is 1.68 bits per heavy atom. The van der Waals surface area contributed by atoms with E-state index in [1.165, 1.54) is 32.1 Å². The molecule has 4 rings (SSSR count). The van der Waals surface area contributed by atoms with Crippen molar-refractivity contribution in [3.05, 3.63) is 52.1 Å². The molecule has 202 valence electrons. The minimum atomic E-state index is -1.72. The summed E-state index contributed by atoms with van der Waals surface area (Å²) in [4.78, 5) is 15.4. The van der Waals surface area contributed by atoms with Crippen LogP contribution in [-0.2, 0) is 11.2 Å². The second-order valence-corrected chi connectivity index (χ2v) is 12.0. The normalized spacial score (nSPS) is 18.0. The Morgan fingerprint density at radius 3 is 2.27 bits per heavy atom. The first kappa shape index (κ1) is 27.6. The number of ether oxygens (including phenoxy) is 1. The second kappa shape index (κ2) is 11.1. The van der Waals surface area contributed by atoms with Crippen LogP contribution in [0.3, 0.4) is 0 Å². The average Bonchev–Trinajstić information content (AvgIpc) is 3.00. The molecule has 0 bridgehead atoms. The first-order valence-electron chi connectivity index (χ1n) is 13.8. The van der Waals surface area contributed by atoms with Crippen LogP contribution in [-0.4, -0.2) is 46.1 Å². The monoisotopic (exact) mass is 508 g/mol. The van der Waals surface area contributed by atoms with Gasteiger partial charge in [0.25, 0.3) is 0 Å². The van der Waals surface area contributed by atoms with Crippen LogP contribution in [0.1, 0.15) is 86.8 Å². The molecule has 3 N–H and O–H groups in total. The van der Waals surface area contributed by atoms with Crippen molar-refractivity contribution in [3.63, 3.8) is 0 Å². The largest absolute Gasteiger partial charge is 0.366 e. The molecule has 0 aromatic heterocycles. The Bertz CT molecular complexity index is 1110. The molecule has 37 heavy (non-hydrogen) atoms. The van der Waals surface area contributed by atoms with Crippen molar-refractivity contribution in [2.75, 3.05) is 18.4 Å². The SMILES string of the molecule is Cc1ccc(-c2c(C)c3c(c(C)c2C(OC(C)(C)C)C(O)O)NC(=O)N(CC2CCCCC2)CC3)cc1. The Morgan fingerprint density at radius 1 is 1.03 bits per heavy atom. The number of nitrogens with zero attached hydrogens (tertiary/aromatic N) is 1. The molecule has 6 heteroatoms. The van der Waals surface area contributed by atoms with Crippen molar-refractivity contribution < 1.29 is 19.7 Å². The number of carbonyl (C=O) groups excluding carboxylic acids is 1. The van der Waals surface area contributed by atoms with Crippen LogP contribution in [0.25, 0.3) is 11.1 Å². The van der Waals surface area contributed by atoms with Crippen LogP contribution in [0, 0.1) is 26.7 Å². The summed E-state index contributed by atoms with van der Waals surface area (Å²) in [5.74, 6) is 0.565. The molecule has 0 saturated heterocycles. The second-order valence-electron chi connectivity index (χ2n) is 12.0. The van der Waals surface area contributed by atoms with Gasteiger partial charge in [-0.3, -0.25) is 0 Å². The van der Waals surface area contributed by atoms with Gasteiger partial charge >= 0.3 is 6.03 Å². The Hall–Kier alpha value is -2.41. The third kappa shape index (κ3) is 6.19. The van der Waals surface area contributed by atoms with E-state index in [2.05, 4.69) is 43.4 Å². The maximum absolute atomic E-state index is 13.4. The fourth-order valence-corrected chi connectivity index (χ4v) is 6.06. The van der Waals surface area contributed by atoms with Crippen molar-refractivity contribution in [3.8, 4) is 11.1 Å².